The van der Waals surface area contributed by atoms with Crippen molar-refractivity contribution in [2.45, 2.75) is 0 Å². The van der Waals surface area contributed by atoms with Crippen LogP contribution in [0.3, 0.4) is 0 Å². The Bertz CT molecular complexity index is 1360. The Hall–Kier alpha value is -3.66. The van der Waals surface area contributed by atoms with Gasteiger partial charge in [0.25, 0.3) is 11.8 Å². The van der Waals surface area contributed by atoms with Gasteiger partial charge >= 0.3 is 0 Å². The topological polar surface area (TPSA) is 88.7 Å². The zero-order valence-electron chi connectivity index (χ0n) is 18.2. The minimum Gasteiger partial charge on any atom is -0.490 e. The van der Waals surface area contributed by atoms with Crippen LogP contribution in [0.5, 0.6) is 11.5 Å². The van der Waals surface area contributed by atoms with Crippen molar-refractivity contribution >= 4 is 62.2 Å². The van der Waals surface area contributed by atoms with Crippen LogP contribution in [-0.2, 0) is 0 Å². The minimum absolute atomic E-state index is 0.0665. The molecule has 4 aromatic rings. The molecule has 0 saturated carbocycles. The summed E-state index contributed by atoms with van der Waals surface area (Å²) in [6.45, 7) is 0.671. The summed E-state index contributed by atoms with van der Waals surface area (Å²) in [4.78, 5) is 25.4. The Morgan fingerprint density at radius 1 is 0.829 bits per heavy atom. The van der Waals surface area contributed by atoms with E-state index in [2.05, 4.69) is 16.2 Å². The highest BCUT2D eigenvalue weighted by Crippen LogP contribution is 2.34. The van der Waals surface area contributed by atoms with E-state index in [9.17, 15) is 9.59 Å². The largest absolute Gasteiger partial charge is 0.490 e. The Labute approximate surface area is 216 Å². The molecule has 0 aliphatic rings. The van der Waals surface area contributed by atoms with Crippen molar-refractivity contribution < 1.29 is 19.1 Å². The van der Waals surface area contributed by atoms with Crippen molar-refractivity contribution in [2.24, 2.45) is 0 Å². The van der Waals surface area contributed by atoms with E-state index in [1.54, 1.807) is 24.3 Å². The van der Waals surface area contributed by atoms with Crippen LogP contribution in [0.25, 0.3) is 10.1 Å². The fourth-order valence-electron chi connectivity index (χ4n) is 3.10. The number of amides is 2. The number of carbonyl (C=O) groups excluding carboxylic acids is 2. The summed E-state index contributed by atoms with van der Waals surface area (Å²) in [6, 6.07) is 23.5. The van der Waals surface area contributed by atoms with Crippen LogP contribution in [0.2, 0.25) is 5.02 Å². The van der Waals surface area contributed by atoms with E-state index in [1.807, 2.05) is 54.6 Å². The van der Waals surface area contributed by atoms with Gasteiger partial charge in [-0.05, 0) is 48.6 Å². The van der Waals surface area contributed by atoms with Gasteiger partial charge in [0.2, 0.25) is 0 Å². The molecular formula is C25H20ClN3O4S2. The van der Waals surface area contributed by atoms with E-state index in [0.29, 0.717) is 34.4 Å². The van der Waals surface area contributed by atoms with Crippen LogP contribution in [0, 0.1) is 0 Å². The number of benzene rings is 3. The lowest BCUT2D eigenvalue weighted by atomic mass is 10.2. The van der Waals surface area contributed by atoms with Gasteiger partial charge in [0.1, 0.15) is 29.6 Å². The fourth-order valence-corrected chi connectivity index (χ4v) is 4.66. The van der Waals surface area contributed by atoms with Crippen molar-refractivity contribution in [2.75, 3.05) is 13.2 Å². The van der Waals surface area contributed by atoms with Gasteiger partial charge in [0.05, 0.1) is 5.02 Å². The van der Waals surface area contributed by atoms with E-state index in [-0.39, 0.29) is 5.11 Å². The molecule has 0 atom stereocenters. The molecular weight excluding hydrogens is 506 g/mol. The van der Waals surface area contributed by atoms with Gasteiger partial charge in [-0.2, -0.15) is 0 Å². The number of fused-ring (bicyclic) bond motifs is 1. The first-order chi connectivity index (χ1) is 17.0. The lowest BCUT2D eigenvalue weighted by Gasteiger charge is -2.11. The fraction of sp³-hybridized carbons (Fsp3) is 0.0800. The van der Waals surface area contributed by atoms with E-state index >= 15 is 0 Å². The second-order valence-electron chi connectivity index (χ2n) is 7.14. The number of hydrogen-bond donors (Lipinski definition) is 3. The van der Waals surface area contributed by atoms with Gasteiger partial charge in [-0.3, -0.25) is 25.8 Å². The Balaban J connectivity index is 1.25. The zero-order chi connectivity index (χ0) is 24.6. The van der Waals surface area contributed by atoms with E-state index in [1.165, 1.54) is 11.3 Å². The summed E-state index contributed by atoms with van der Waals surface area (Å²) < 4.78 is 12.2. The van der Waals surface area contributed by atoms with E-state index in [4.69, 9.17) is 33.3 Å². The highest BCUT2D eigenvalue weighted by atomic mass is 35.5. The van der Waals surface area contributed by atoms with Crippen molar-refractivity contribution in [1.29, 1.82) is 0 Å². The van der Waals surface area contributed by atoms with E-state index < -0.39 is 11.8 Å². The summed E-state index contributed by atoms with van der Waals surface area (Å²) in [5, 5.41) is 3.62. The molecule has 178 valence electrons. The SMILES string of the molecule is O=C(NC(=S)NNC(=O)c1sc2ccccc2c1Cl)c1cccc(OCCOc2ccccc2)c1. The average molecular weight is 526 g/mol. The molecule has 35 heavy (non-hydrogen) atoms. The number of ether oxygens (including phenoxy) is 2. The van der Waals surface area contributed by atoms with Gasteiger partial charge < -0.3 is 9.47 Å². The third-order valence-electron chi connectivity index (χ3n) is 4.72. The molecule has 0 aliphatic heterocycles. The zero-order valence-corrected chi connectivity index (χ0v) is 20.6. The molecule has 3 N–H and O–H groups in total. The van der Waals surface area contributed by atoms with Crippen molar-refractivity contribution in [1.82, 2.24) is 16.2 Å². The second kappa shape index (κ2) is 11.7. The molecule has 0 aliphatic carbocycles. The number of thiophene rings is 1. The molecule has 10 heteroatoms. The minimum atomic E-state index is -0.457. The Kier molecular flexibility index (Phi) is 8.15. The number of hydrazine groups is 1. The Morgan fingerprint density at radius 3 is 2.29 bits per heavy atom. The molecule has 7 nitrogen and oxygen atoms in total. The van der Waals surface area contributed by atoms with Crippen molar-refractivity contribution in [3.8, 4) is 11.5 Å². The highest BCUT2D eigenvalue weighted by Gasteiger charge is 2.17. The number of nitrogens with one attached hydrogen (secondary N) is 3. The van der Waals surface area contributed by atoms with Gasteiger partial charge in [0, 0.05) is 15.6 Å². The van der Waals surface area contributed by atoms with Crippen molar-refractivity contribution in [3.63, 3.8) is 0 Å². The van der Waals surface area contributed by atoms with Crippen LogP contribution in [-0.4, -0.2) is 30.1 Å². The average Bonchev–Trinajstić information content (AvgIpc) is 3.22. The molecule has 1 aromatic heterocycles. The van der Waals surface area contributed by atoms with Gasteiger partial charge in [0.15, 0.2) is 5.11 Å². The monoisotopic (exact) mass is 525 g/mol. The molecule has 0 fully saturated rings. The lowest BCUT2D eigenvalue weighted by molar-refractivity contribution is 0.0938. The highest BCUT2D eigenvalue weighted by molar-refractivity contribution is 7.80. The van der Waals surface area contributed by atoms with Crippen LogP contribution < -0.4 is 25.6 Å². The van der Waals surface area contributed by atoms with Crippen LogP contribution in [0.1, 0.15) is 20.0 Å². The molecule has 0 saturated heterocycles. The molecule has 0 bridgehead atoms. The van der Waals surface area contributed by atoms with Crippen LogP contribution in [0.4, 0.5) is 0 Å². The standard InChI is InChI=1S/C25H20ClN3O4S2/c26-21-19-11-4-5-12-20(19)35-22(21)24(31)28-29-25(34)27-23(30)16-7-6-10-18(15-16)33-14-13-32-17-8-2-1-3-9-17/h1-12,15H,13-14H2,(H,28,31)(H2,27,29,30,34). The quantitative estimate of drug-likeness (QED) is 0.179. The molecule has 2 amide bonds. The molecule has 3 aromatic carbocycles. The predicted octanol–water partition coefficient (Wildman–Crippen LogP) is 4.96. The Morgan fingerprint density at radius 2 is 1.51 bits per heavy atom. The summed E-state index contributed by atoms with van der Waals surface area (Å²) >= 11 is 12.7. The molecule has 4 rings (SSSR count). The number of rotatable bonds is 7. The third kappa shape index (κ3) is 6.48. The van der Waals surface area contributed by atoms with Gasteiger partial charge in [-0.25, -0.2) is 0 Å². The maximum absolute atomic E-state index is 12.6. The summed E-state index contributed by atoms with van der Waals surface area (Å²) in [6.07, 6.45) is 0. The maximum atomic E-state index is 12.6. The maximum Gasteiger partial charge on any atom is 0.281 e. The lowest BCUT2D eigenvalue weighted by Crippen LogP contribution is -2.48. The third-order valence-corrected chi connectivity index (χ3v) is 6.60. The van der Waals surface area contributed by atoms with Crippen LogP contribution >= 0.6 is 35.2 Å². The predicted molar refractivity (Wildman–Crippen MR) is 141 cm³/mol. The van der Waals surface area contributed by atoms with Crippen LogP contribution in [0.15, 0.2) is 78.9 Å². The van der Waals surface area contributed by atoms with Gasteiger partial charge in [-0.1, -0.05) is 54.1 Å². The first kappa shape index (κ1) is 24.5. The number of hydrogen-bond acceptors (Lipinski definition) is 6. The summed E-state index contributed by atoms with van der Waals surface area (Å²) in [5.74, 6) is 0.358. The normalized spacial score (nSPS) is 10.4. The molecule has 0 radical (unpaired) electrons. The molecule has 1 heterocycles. The first-order valence-electron chi connectivity index (χ1n) is 10.5. The summed E-state index contributed by atoms with van der Waals surface area (Å²) in [7, 11) is 0. The van der Waals surface area contributed by atoms with Crippen molar-refractivity contribution in [3.05, 3.63) is 94.3 Å². The summed E-state index contributed by atoms with van der Waals surface area (Å²) in [5.41, 5.74) is 5.33. The number of carbonyl (C=O) groups is 2. The smallest absolute Gasteiger partial charge is 0.281 e. The van der Waals surface area contributed by atoms with E-state index in [0.717, 1.165) is 15.8 Å². The first-order valence-corrected chi connectivity index (χ1v) is 12.1. The number of para-hydroxylation sites is 1. The second-order valence-corrected chi connectivity index (χ2v) is 8.98. The van der Waals surface area contributed by atoms with Gasteiger partial charge in [-0.15, -0.1) is 11.3 Å². The molecule has 0 spiro atoms. The number of halogens is 1. The number of thiocarbonyl (C=S) groups is 1. The molecule has 0 unspecified atom stereocenters.